The molecule has 0 aliphatic carbocycles. The predicted octanol–water partition coefficient (Wildman–Crippen LogP) is 3.00. The molecule has 1 aromatic rings. The van der Waals surface area contributed by atoms with E-state index in [4.69, 9.17) is 0 Å². The largest absolute Gasteiger partial charge is 0.370 e. The van der Waals surface area contributed by atoms with Gasteiger partial charge in [-0.3, -0.25) is 4.79 Å². The second-order valence-corrected chi connectivity index (χ2v) is 4.58. The van der Waals surface area contributed by atoms with Crippen LogP contribution in [-0.4, -0.2) is 24.0 Å². The van der Waals surface area contributed by atoms with Gasteiger partial charge in [-0.05, 0) is 31.9 Å². The van der Waals surface area contributed by atoms with Crippen molar-refractivity contribution in [2.75, 3.05) is 18.4 Å². The summed E-state index contributed by atoms with van der Waals surface area (Å²) in [5, 5.41) is 6.12. The van der Waals surface area contributed by atoms with Gasteiger partial charge in [-0.25, -0.2) is 4.98 Å². The molecule has 0 saturated carbocycles. The fourth-order valence-corrected chi connectivity index (χ4v) is 1.85. The van der Waals surface area contributed by atoms with E-state index in [0.29, 0.717) is 5.56 Å². The highest BCUT2D eigenvalue weighted by atomic mass is 16.1. The summed E-state index contributed by atoms with van der Waals surface area (Å²) in [6.07, 6.45) is 4.18. The number of unbranched alkanes of at least 4 members (excludes halogenated alkanes) is 2. The summed E-state index contributed by atoms with van der Waals surface area (Å²) in [6.45, 7) is 7.76. The number of anilines is 1. The van der Waals surface area contributed by atoms with Gasteiger partial charge in [0.1, 0.15) is 5.82 Å². The van der Waals surface area contributed by atoms with Gasteiger partial charge in [-0.1, -0.05) is 26.7 Å². The van der Waals surface area contributed by atoms with Gasteiger partial charge in [-0.2, -0.15) is 0 Å². The minimum atomic E-state index is -0.00708. The summed E-state index contributed by atoms with van der Waals surface area (Å²) < 4.78 is 0. The standard InChI is InChI=1S/C15H25N3O/c1-4-7-8-9-17-15(19)12-10-13(5-2)18-14(11-12)16-6-3/h10-11H,4-9H2,1-3H3,(H,16,18)(H,17,19). The molecule has 1 amide bonds. The zero-order valence-electron chi connectivity index (χ0n) is 12.3. The van der Waals surface area contributed by atoms with Crippen molar-refractivity contribution >= 4 is 11.7 Å². The summed E-state index contributed by atoms with van der Waals surface area (Å²) in [6, 6.07) is 3.69. The lowest BCUT2D eigenvalue weighted by Gasteiger charge is -2.09. The summed E-state index contributed by atoms with van der Waals surface area (Å²) in [5.41, 5.74) is 1.64. The number of carbonyl (C=O) groups excluding carboxylic acids is 1. The van der Waals surface area contributed by atoms with Gasteiger partial charge in [0, 0.05) is 24.3 Å². The summed E-state index contributed by atoms with van der Waals surface area (Å²) in [4.78, 5) is 16.5. The number of rotatable bonds is 8. The SMILES string of the molecule is CCCCCNC(=O)c1cc(CC)nc(NCC)c1. The van der Waals surface area contributed by atoms with Crippen molar-refractivity contribution in [2.45, 2.75) is 46.5 Å². The van der Waals surface area contributed by atoms with Gasteiger partial charge in [0.15, 0.2) is 0 Å². The number of hydrogen-bond donors (Lipinski definition) is 2. The Labute approximate surface area is 116 Å². The molecule has 0 spiro atoms. The van der Waals surface area contributed by atoms with E-state index >= 15 is 0 Å². The van der Waals surface area contributed by atoms with Crippen LogP contribution in [0.1, 0.15) is 56.1 Å². The highest BCUT2D eigenvalue weighted by molar-refractivity contribution is 5.95. The lowest BCUT2D eigenvalue weighted by Crippen LogP contribution is -2.24. The molecule has 0 bridgehead atoms. The molecule has 0 aromatic carbocycles. The average molecular weight is 263 g/mol. The van der Waals surface area contributed by atoms with Crippen LogP contribution in [0.2, 0.25) is 0 Å². The zero-order valence-corrected chi connectivity index (χ0v) is 12.3. The Hall–Kier alpha value is -1.58. The molecule has 0 atom stereocenters. The number of carbonyl (C=O) groups is 1. The van der Waals surface area contributed by atoms with Crippen molar-refractivity contribution < 1.29 is 4.79 Å². The first kappa shape index (κ1) is 15.5. The Morgan fingerprint density at radius 2 is 2.00 bits per heavy atom. The molecular weight excluding hydrogens is 238 g/mol. The van der Waals surface area contributed by atoms with E-state index in [0.717, 1.165) is 50.3 Å². The summed E-state index contributed by atoms with van der Waals surface area (Å²) in [7, 11) is 0. The molecule has 19 heavy (non-hydrogen) atoms. The van der Waals surface area contributed by atoms with E-state index in [1.165, 1.54) is 0 Å². The van der Waals surface area contributed by atoms with Crippen molar-refractivity contribution in [1.29, 1.82) is 0 Å². The van der Waals surface area contributed by atoms with E-state index in [1.54, 1.807) is 0 Å². The minimum Gasteiger partial charge on any atom is -0.370 e. The van der Waals surface area contributed by atoms with Crippen LogP contribution < -0.4 is 10.6 Å². The molecule has 0 unspecified atom stereocenters. The lowest BCUT2D eigenvalue weighted by atomic mass is 10.1. The molecule has 0 saturated heterocycles. The van der Waals surface area contributed by atoms with Gasteiger partial charge in [-0.15, -0.1) is 0 Å². The number of aryl methyl sites for hydroxylation is 1. The molecule has 4 nitrogen and oxygen atoms in total. The van der Waals surface area contributed by atoms with Crippen LogP contribution in [0.3, 0.4) is 0 Å². The van der Waals surface area contributed by atoms with Crippen LogP contribution in [-0.2, 0) is 6.42 Å². The van der Waals surface area contributed by atoms with Crippen LogP contribution in [0.25, 0.3) is 0 Å². The molecule has 1 rings (SSSR count). The number of hydrogen-bond acceptors (Lipinski definition) is 3. The summed E-state index contributed by atoms with van der Waals surface area (Å²) in [5.74, 6) is 0.771. The van der Waals surface area contributed by atoms with Crippen LogP contribution in [0.5, 0.6) is 0 Å². The van der Waals surface area contributed by atoms with E-state index in [2.05, 4.69) is 22.5 Å². The fourth-order valence-electron chi connectivity index (χ4n) is 1.85. The minimum absolute atomic E-state index is 0.00708. The number of pyridine rings is 1. The number of amides is 1. The quantitative estimate of drug-likeness (QED) is 0.709. The van der Waals surface area contributed by atoms with Gasteiger partial charge in [0.05, 0.1) is 0 Å². The van der Waals surface area contributed by atoms with Gasteiger partial charge < -0.3 is 10.6 Å². The molecule has 0 fully saturated rings. The normalized spacial score (nSPS) is 10.3. The molecule has 4 heteroatoms. The van der Waals surface area contributed by atoms with Crippen molar-refractivity contribution in [3.8, 4) is 0 Å². The van der Waals surface area contributed by atoms with Crippen LogP contribution in [0.15, 0.2) is 12.1 Å². The number of aromatic nitrogens is 1. The first-order valence-electron chi connectivity index (χ1n) is 7.24. The molecule has 0 aliphatic heterocycles. The third-order valence-electron chi connectivity index (χ3n) is 2.93. The highest BCUT2D eigenvalue weighted by Gasteiger charge is 2.08. The van der Waals surface area contributed by atoms with E-state index in [-0.39, 0.29) is 5.91 Å². The third-order valence-corrected chi connectivity index (χ3v) is 2.93. The Kier molecular flexibility index (Phi) is 6.93. The second kappa shape index (κ2) is 8.51. The van der Waals surface area contributed by atoms with Crippen LogP contribution in [0.4, 0.5) is 5.82 Å². The topological polar surface area (TPSA) is 54.0 Å². The van der Waals surface area contributed by atoms with Crippen LogP contribution >= 0.6 is 0 Å². The molecule has 0 aliphatic rings. The van der Waals surface area contributed by atoms with Crippen molar-refractivity contribution in [3.63, 3.8) is 0 Å². The average Bonchev–Trinajstić information content (AvgIpc) is 2.43. The first-order valence-corrected chi connectivity index (χ1v) is 7.24. The fraction of sp³-hybridized carbons (Fsp3) is 0.600. The Morgan fingerprint density at radius 3 is 2.63 bits per heavy atom. The monoisotopic (exact) mass is 263 g/mol. The number of nitrogens with zero attached hydrogens (tertiary/aromatic N) is 1. The maximum Gasteiger partial charge on any atom is 0.251 e. The zero-order chi connectivity index (χ0) is 14.1. The maximum atomic E-state index is 12.1. The van der Waals surface area contributed by atoms with Gasteiger partial charge in [0.25, 0.3) is 5.91 Å². The van der Waals surface area contributed by atoms with Crippen molar-refractivity contribution in [1.82, 2.24) is 10.3 Å². The molecule has 106 valence electrons. The molecule has 0 radical (unpaired) electrons. The molecular formula is C15H25N3O. The smallest absolute Gasteiger partial charge is 0.251 e. The molecule has 1 heterocycles. The molecule has 1 aromatic heterocycles. The van der Waals surface area contributed by atoms with Crippen LogP contribution in [0, 0.1) is 0 Å². The highest BCUT2D eigenvalue weighted by Crippen LogP contribution is 2.11. The van der Waals surface area contributed by atoms with Gasteiger partial charge >= 0.3 is 0 Å². The van der Waals surface area contributed by atoms with Crippen molar-refractivity contribution in [3.05, 3.63) is 23.4 Å². The first-order chi connectivity index (χ1) is 9.21. The second-order valence-electron chi connectivity index (χ2n) is 4.58. The van der Waals surface area contributed by atoms with E-state index in [1.807, 2.05) is 26.0 Å². The van der Waals surface area contributed by atoms with E-state index in [9.17, 15) is 4.79 Å². The Balaban J connectivity index is 2.69. The third kappa shape index (κ3) is 5.28. The Morgan fingerprint density at radius 1 is 1.21 bits per heavy atom. The predicted molar refractivity (Wildman–Crippen MR) is 79.6 cm³/mol. The van der Waals surface area contributed by atoms with Crippen molar-refractivity contribution in [2.24, 2.45) is 0 Å². The van der Waals surface area contributed by atoms with Gasteiger partial charge in [0.2, 0.25) is 0 Å². The number of nitrogens with one attached hydrogen (secondary N) is 2. The lowest BCUT2D eigenvalue weighted by molar-refractivity contribution is 0.0953. The molecule has 2 N–H and O–H groups in total. The van der Waals surface area contributed by atoms with E-state index < -0.39 is 0 Å². The maximum absolute atomic E-state index is 12.1. The Bertz CT molecular complexity index is 404. The summed E-state index contributed by atoms with van der Waals surface area (Å²) >= 11 is 0.